The number of methoxy groups -OCH3 is 3. The number of benzene rings is 2. The van der Waals surface area contributed by atoms with Gasteiger partial charge in [0.05, 0.1) is 38.1 Å². The normalized spacial score (nSPS) is 10.8. The highest BCUT2D eigenvalue weighted by molar-refractivity contribution is 7.22. The quantitative estimate of drug-likeness (QED) is 0.401. The summed E-state index contributed by atoms with van der Waals surface area (Å²) in [5.41, 5.74) is 3.07. The van der Waals surface area contributed by atoms with Crippen LogP contribution in [0.3, 0.4) is 0 Å². The first-order chi connectivity index (χ1) is 15.5. The highest BCUT2D eigenvalue weighted by Crippen LogP contribution is 2.38. The summed E-state index contributed by atoms with van der Waals surface area (Å²) in [5, 5.41) is 0.561. The van der Waals surface area contributed by atoms with Crippen LogP contribution in [-0.4, -0.2) is 37.2 Å². The van der Waals surface area contributed by atoms with Crippen molar-refractivity contribution in [3.05, 3.63) is 71.5 Å². The van der Waals surface area contributed by atoms with Crippen LogP contribution in [0.5, 0.6) is 17.2 Å². The van der Waals surface area contributed by atoms with Gasteiger partial charge in [0.2, 0.25) is 0 Å². The molecule has 0 aliphatic rings. The molecule has 0 aliphatic heterocycles. The van der Waals surface area contributed by atoms with Crippen LogP contribution in [0.2, 0.25) is 0 Å². The minimum Gasteiger partial charge on any atom is -0.497 e. The zero-order chi connectivity index (χ0) is 22.7. The van der Waals surface area contributed by atoms with Crippen molar-refractivity contribution in [2.24, 2.45) is 0 Å². The molecule has 2 aromatic heterocycles. The van der Waals surface area contributed by atoms with E-state index in [4.69, 9.17) is 19.2 Å². The van der Waals surface area contributed by atoms with Crippen molar-refractivity contribution in [1.82, 2.24) is 9.97 Å². The number of hydrogen-bond donors (Lipinski definition) is 0. The largest absolute Gasteiger partial charge is 0.497 e. The number of amides is 1. The van der Waals surface area contributed by atoms with Crippen LogP contribution in [0.25, 0.3) is 10.2 Å². The van der Waals surface area contributed by atoms with Gasteiger partial charge in [0.1, 0.15) is 22.8 Å². The number of fused-ring (bicyclic) bond motifs is 1. The van der Waals surface area contributed by atoms with Crippen LogP contribution in [-0.2, 0) is 6.54 Å². The van der Waals surface area contributed by atoms with Crippen molar-refractivity contribution < 1.29 is 19.0 Å². The van der Waals surface area contributed by atoms with Crippen LogP contribution < -0.4 is 19.1 Å². The van der Waals surface area contributed by atoms with E-state index in [1.54, 1.807) is 49.7 Å². The Bertz CT molecular complexity index is 1260. The minimum absolute atomic E-state index is 0.250. The predicted molar refractivity (Wildman–Crippen MR) is 125 cm³/mol. The maximum absolute atomic E-state index is 13.8. The number of thiazole rings is 1. The smallest absolute Gasteiger partial charge is 0.264 e. The highest BCUT2D eigenvalue weighted by Gasteiger charge is 2.26. The number of anilines is 1. The molecule has 7 nitrogen and oxygen atoms in total. The lowest BCUT2D eigenvalue weighted by Crippen LogP contribution is -2.30. The molecule has 0 saturated heterocycles. The first kappa shape index (κ1) is 21.6. The summed E-state index contributed by atoms with van der Waals surface area (Å²) in [4.78, 5) is 24.4. The number of nitrogens with zero attached hydrogens (tertiary/aromatic N) is 3. The zero-order valence-corrected chi connectivity index (χ0v) is 19.1. The fourth-order valence-electron chi connectivity index (χ4n) is 3.41. The number of aryl methyl sites for hydroxylation is 1. The lowest BCUT2D eigenvalue weighted by atomic mass is 10.1. The molecule has 0 spiro atoms. The van der Waals surface area contributed by atoms with Gasteiger partial charge in [-0.25, -0.2) is 4.98 Å². The molecule has 0 radical (unpaired) electrons. The molecular weight excluding hydrogens is 426 g/mol. The molecule has 1 amide bonds. The topological polar surface area (TPSA) is 73.8 Å². The van der Waals surface area contributed by atoms with Gasteiger partial charge in [-0.2, -0.15) is 0 Å². The van der Waals surface area contributed by atoms with E-state index in [2.05, 4.69) is 4.98 Å². The van der Waals surface area contributed by atoms with Gasteiger partial charge in [0, 0.05) is 12.4 Å². The molecule has 2 heterocycles. The van der Waals surface area contributed by atoms with E-state index in [9.17, 15) is 4.79 Å². The molecule has 32 heavy (non-hydrogen) atoms. The lowest BCUT2D eigenvalue weighted by molar-refractivity contribution is 0.0981. The summed E-state index contributed by atoms with van der Waals surface area (Å²) in [6.45, 7) is 2.32. The van der Waals surface area contributed by atoms with Crippen molar-refractivity contribution in [2.75, 3.05) is 26.2 Å². The SMILES string of the molecule is COc1ccc(OC)c(C(=O)N(Cc2cccnc2)c2nc3c(OC)ccc(C)c3s2)c1. The number of carbonyl (C=O) groups is 1. The maximum Gasteiger partial charge on any atom is 0.264 e. The van der Waals surface area contributed by atoms with Crippen molar-refractivity contribution >= 4 is 32.6 Å². The summed E-state index contributed by atoms with van der Waals surface area (Å²) >= 11 is 1.45. The summed E-state index contributed by atoms with van der Waals surface area (Å²) in [6.07, 6.45) is 3.44. The first-order valence-corrected chi connectivity index (χ1v) is 10.7. The van der Waals surface area contributed by atoms with Crippen molar-refractivity contribution in [1.29, 1.82) is 0 Å². The van der Waals surface area contributed by atoms with Crippen LogP contribution in [0.4, 0.5) is 5.13 Å². The molecular formula is C24H23N3O4S. The number of pyridine rings is 1. The fourth-order valence-corrected chi connectivity index (χ4v) is 4.45. The molecule has 0 bridgehead atoms. The zero-order valence-electron chi connectivity index (χ0n) is 18.3. The average molecular weight is 450 g/mol. The van der Waals surface area contributed by atoms with Gasteiger partial charge in [-0.15, -0.1) is 0 Å². The Morgan fingerprint density at radius 3 is 2.50 bits per heavy atom. The van der Waals surface area contributed by atoms with Crippen molar-refractivity contribution in [3.8, 4) is 17.2 Å². The molecule has 2 aromatic carbocycles. The van der Waals surface area contributed by atoms with E-state index >= 15 is 0 Å². The molecule has 4 aromatic rings. The summed E-state index contributed by atoms with van der Waals surface area (Å²) in [5.74, 6) is 1.44. The molecule has 8 heteroatoms. The average Bonchev–Trinajstić information content (AvgIpc) is 3.28. The van der Waals surface area contributed by atoms with Gasteiger partial charge in [0.25, 0.3) is 5.91 Å². The number of rotatable bonds is 7. The number of hydrogen-bond acceptors (Lipinski definition) is 7. The highest BCUT2D eigenvalue weighted by atomic mass is 32.1. The Hall–Kier alpha value is -3.65. The molecule has 164 valence electrons. The predicted octanol–water partition coefficient (Wildman–Crippen LogP) is 4.87. The number of carbonyl (C=O) groups excluding carboxylic acids is 1. The maximum atomic E-state index is 13.8. The first-order valence-electron chi connectivity index (χ1n) is 9.92. The minimum atomic E-state index is -0.250. The second-order valence-electron chi connectivity index (χ2n) is 7.08. The summed E-state index contributed by atoms with van der Waals surface area (Å²) < 4.78 is 17.3. The molecule has 0 aliphatic carbocycles. The van der Waals surface area contributed by atoms with E-state index in [1.165, 1.54) is 18.4 Å². The van der Waals surface area contributed by atoms with Crippen molar-refractivity contribution in [3.63, 3.8) is 0 Å². The Morgan fingerprint density at radius 1 is 1.03 bits per heavy atom. The van der Waals surface area contributed by atoms with Crippen LogP contribution in [0.15, 0.2) is 54.9 Å². The van der Waals surface area contributed by atoms with E-state index in [0.29, 0.717) is 34.5 Å². The third-order valence-electron chi connectivity index (χ3n) is 5.09. The molecule has 0 fully saturated rings. The molecule has 0 unspecified atom stereocenters. The van der Waals surface area contributed by atoms with Gasteiger partial charge in [-0.1, -0.05) is 23.5 Å². The molecule has 0 atom stereocenters. The summed E-state index contributed by atoms with van der Waals surface area (Å²) in [6, 6.07) is 12.8. The molecule has 4 rings (SSSR count). The lowest BCUT2D eigenvalue weighted by Gasteiger charge is -2.21. The second kappa shape index (κ2) is 9.23. The van der Waals surface area contributed by atoms with Crippen LogP contribution in [0.1, 0.15) is 21.5 Å². The van der Waals surface area contributed by atoms with Crippen LogP contribution >= 0.6 is 11.3 Å². The Morgan fingerprint density at radius 2 is 1.81 bits per heavy atom. The summed E-state index contributed by atoms with van der Waals surface area (Å²) in [7, 11) is 4.71. The monoisotopic (exact) mass is 449 g/mol. The second-order valence-corrected chi connectivity index (χ2v) is 8.06. The third kappa shape index (κ3) is 4.09. The fraction of sp³-hybridized carbons (Fsp3) is 0.208. The number of ether oxygens (including phenoxy) is 3. The Kier molecular flexibility index (Phi) is 6.23. The van der Waals surface area contributed by atoms with Gasteiger partial charge < -0.3 is 14.2 Å². The van der Waals surface area contributed by atoms with Crippen LogP contribution in [0, 0.1) is 6.92 Å². The Balaban J connectivity index is 1.86. The van der Waals surface area contributed by atoms with E-state index in [1.807, 2.05) is 31.2 Å². The van der Waals surface area contributed by atoms with E-state index in [-0.39, 0.29) is 5.91 Å². The van der Waals surface area contributed by atoms with Crippen molar-refractivity contribution in [2.45, 2.75) is 13.5 Å². The molecule has 0 N–H and O–H groups in total. The van der Waals surface area contributed by atoms with Gasteiger partial charge in [-0.3, -0.25) is 14.7 Å². The van der Waals surface area contributed by atoms with Gasteiger partial charge in [-0.05, 0) is 48.4 Å². The van der Waals surface area contributed by atoms with Gasteiger partial charge >= 0.3 is 0 Å². The number of aromatic nitrogens is 2. The molecule has 0 saturated carbocycles. The van der Waals surface area contributed by atoms with E-state index in [0.717, 1.165) is 21.3 Å². The third-order valence-corrected chi connectivity index (χ3v) is 6.30. The Labute approximate surface area is 190 Å². The standard InChI is InChI=1S/C24H23N3O4S/c1-15-7-9-20(31-4)21-22(15)32-24(26-21)27(14-16-6-5-11-25-13-16)23(28)18-12-17(29-2)8-10-19(18)30-3/h5-13H,14H2,1-4H3. The van der Waals surface area contributed by atoms with E-state index < -0.39 is 0 Å². The van der Waals surface area contributed by atoms with Gasteiger partial charge in [0.15, 0.2) is 5.13 Å².